The lowest BCUT2D eigenvalue weighted by Crippen LogP contribution is -2.29. The van der Waals surface area contributed by atoms with E-state index in [2.05, 4.69) is 0 Å². The number of phenolic OH excluding ortho intramolecular Hbond substituents is 1. The molecule has 89 heavy (non-hydrogen) atoms. The SMILES string of the molecule is O=S(=O)(CC1CO1)c1ccc(Oc2ccc(CO)cc2)cc1.O=S(=O)(CC1CS1)c1ccc(Oc2ccc(CO)cc2)cc1.OCc1ccc(B(O)O)cc1.OCc1ccc(Oc2ccc(SCC(O)CCl)cc2)cc1.Oc1ccc(SCC(O)CCl)cc1. The standard InChI is InChI=1S/C16H17ClO3S.C16H16O5S.C16H16O4S2.C9H11ClO2S.C7H9BO3/c17-9-13(19)11-21-16-7-5-15(6-8-16)20-14-3-1-12(10-18)2-4-14;17-9-12-1-3-13(4-2-12)21-14-5-7-16(8-6-14)22(18,19)11-15-10-20-15;17-9-12-1-3-13(4-2-12)20-14-5-7-16(8-6-14)22(18,19)11-15-10-21-15;10-5-8(12)6-13-9-3-1-7(11)2-4-9;9-5-6-1-3-7(4-2-6)8(10)11/h1-8,13,18-19H,9-11H2;2*1-8,15,17H,9-11H2;1-4,8,11-12H,5-6H2;1-4,9-11H,5H2. The van der Waals surface area contributed by atoms with Crippen molar-refractivity contribution in [2.75, 3.05) is 47.1 Å². The zero-order valence-corrected chi connectivity index (χ0v) is 53.5. The molecule has 0 radical (unpaired) electrons. The summed E-state index contributed by atoms with van der Waals surface area (Å²) in [5.74, 6) is 6.95. The third kappa shape index (κ3) is 26.9. The summed E-state index contributed by atoms with van der Waals surface area (Å²) in [5.41, 5.74) is 3.66. The molecule has 0 amide bonds. The number of rotatable bonds is 25. The molecule has 17 nitrogen and oxygen atoms in total. The Morgan fingerprint density at radius 1 is 0.483 bits per heavy atom. The van der Waals surface area contributed by atoms with E-state index < -0.39 is 39.0 Å². The van der Waals surface area contributed by atoms with E-state index in [-0.39, 0.29) is 71.7 Å². The normalized spacial score (nSPS) is 14.4. The lowest BCUT2D eigenvalue weighted by atomic mass is 9.80. The van der Waals surface area contributed by atoms with Crippen LogP contribution in [0.3, 0.4) is 0 Å². The Morgan fingerprint density at radius 2 is 0.775 bits per heavy atom. The van der Waals surface area contributed by atoms with Gasteiger partial charge in [-0.1, -0.05) is 60.7 Å². The summed E-state index contributed by atoms with van der Waals surface area (Å²) >= 11 is 15.7. The number of hydrogen-bond acceptors (Lipinski definition) is 20. The second kappa shape index (κ2) is 37.5. The molecule has 2 saturated heterocycles. The lowest BCUT2D eigenvalue weighted by molar-refractivity contribution is 0.223. The molecule has 4 atom stereocenters. The first-order valence-corrected chi connectivity index (χ1v) is 34.9. The number of halogens is 2. The van der Waals surface area contributed by atoms with Crippen molar-refractivity contribution in [1.82, 2.24) is 0 Å². The first-order valence-electron chi connectivity index (χ1n) is 27.5. The molecule has 8 aromatic carbocycles. The number of phenols is 1. The predicted molar refractivity (Wildman–Crippen MR) is 352 cm³/mol. The van der Waals surface area contributed by atoms with E-state index in [0.29, 0.717) is 51.5 Å². The second-order valence-corrected chi connectivity index (χ2v) is 27.8. The van der Waals surface area contributed by atoms with Crippen molar-refractivity contribution in [3.63, 3.8) is 0 Å². The van der Waals surface area contributed by atoms with Crippen LogP contribution in [0.25, 0.3) is 0 Å². The van der Waals surface area contributed by atoms with Gasteiger partial charge >= 0.3 is 7.12 Å². The topological polar surface area (TPSA) is 291 Å². The molecule has 0 bridgehead atoms. The summed E-state index contributed by atoms with van der Waals surface area (Å²) in [4.78, 5) is 2.68. The van der Waals surface area contributed by atoms with Gasteiger partial charge in [0, 0.05) is 44.1 Å². The molecule has 9 N–H and O–H groups in total. The van der Waals surface area contributed by atoms with E-state index in [1.165, 1.54) is 23.9 Å². The highest BCUT2D eigenvalue weighted by Crippen LogP contribution is 2.34. The molecule has 0 aliphatic carbocycles. The molecular weight excluding hydrogens is 1280 g/mol. The number of sulfone groups is 2. The number of aromatic hydroxyl groups is 1. The maximum atomic E-state index is 12.1. The van der Waals surface area contributed by atoms with Crippen LogP contribution in [-0.2, 0) is 50.8 Å². The molecule has 2 aliphatic heterocycles. The average molecular weight is 1350 g/mol. The number of hydrogen-bond donors (Lipinski definition) is 9. The van der Waals surface area contributed by atoms with Crippen LogP contribution in [0.1, 0.15) is 22.3 Å². The number of aliphatic hydroxyl groups is 6. The van der Waals surface area contributed by atoms with Gasteiger partial charge in [-0.05, 0) is 161 Å². The smallest absolute Gasteiger partial charge is 0.488 e. The van der Waals surface area contributed by atoms with Gasteiger partial charge in [0.25, 0.3) is 0 Å². The number of aliphatic hydroxyl groups excluding tert-OH is 6. The van der Waals surface area contributed by atoms with Gasteiger partial charge in [-0.2, -0.15) is 11.8 Å². The summed E-state index contributed by atoms with van der Waals surface area (Å²) < 4.78 is 70.4. The fourth-order valence-corrected chi connectivity index (χ4v) is 13.5. The minimum absolute atomic E-state index is 0.00782. The predicted octanol–water partition coefficient (Wildman–Crippen LogP) is 9.61. The zero-order valence-electron chi connectivity index (χ0n) is 47.9. The van der Waals surface area contributed by atoms with Gasteiger partial charge in [0.1, 0.15) is 40.2 Å². The molecule has 0 aromatic heterocycles. The zero-order chi connectivity index (χ0) is 64.2. The number of alkyl halides is 2. The van der Waals surface area contributed by atoms with E-state index in [1.807, 2.05) is 48.5 Å². The van der Waals surface area contributed by atoms with E-state index in [9.17, 15) is 27.0 Å². The van der Waals surface area contributed by atoms with E-state index >= 15 is 0 Å². The van der Waals surface area contributed by atoms with Crippen LogP contribution in [-0.4, -0.2) is 140 Å². The summed E-state index contributed by atoms with van der Waals surface area (Å²) in [5, 5.41) is 80.8. The van der Waals surface area contributed by atoms with Crippen molar-refractivity contribution in [1.29, 1.82) is 0 Å². The van der Waals surface area contributed by atoms with Gasteiger partial charge < -0.3 is 64.7 Å². The van der Waals surface area contributed by atoms with Crippen molar-refractivity contribution in [2.24, 2.45) is 0 Å². The molecule has 25 heteroatoms. The number of benzene rings is 8. The van der Waals surface area contributed by atoms with Gasteiger partial charge in [0.05, 0.1) is 72.6 Å². The Morgan fingerprint density at radius 3 is 1.07 bits per heavy atom. The molecule has 2 fully saturated rings. The van der Waals surface area contributed by atoms with Gasteiger partial charge in [-0.3, -0.25) is 0 Å². The van der Waals surface area contributed by atoms with Crippen LogP contribution in [0.15, 0.2) is 214 Å². The molecular formula is C64H69BCl2O17S5. The minimum atomic E-state index is -3.30. The molecule has 0 spiro atoms. The Bertz CT molecular complexity index is 3410. The quantitative estimate of drug-likeness (QED) is 0.0111. The Labute approximate surface area is 541 Å². The summed E-state index contributed by atoms with van der Waals surface area (Å²) in [6.45, 7) is 0.496. The highest BCUT2D eigenvalue weighted by atomic mass is 35.5. The van der Waals surface area contributed by atoms with Crippen LogP contribution in [0.4, 0.5) is 0 Å². The van der Waals surface area contributed by atoms with Crippen molar-refractivity contribution < 1.29 is 81.6 Å². The maximum absolute atomic E-state index is 12.1. The Balaban J connectivity index is 0.000000182. The lowest BCUT2D eigenvalue weighted by Gasteiger charge is -2.08. The van der Waals surface area contributed by atoms with Crippen molar-refractivity contribution in [3.8, 4) is 40.2 Å². The molecule has 2 aliphatic rings. The molecule has 474 valence electrons. The van der Waals surface area contributed by atoms with Crippen LogP contribution in [0.2, 0.25) is 0 Å². The molecule has 8 aromatic rings. The van der Waals surface area contributed by atoms with Crippen LogP contribution in [0, 0.1) is 0 Å². The van der Waals surface area contributed by atoms with Crippen LogP contribution >= 0.6 is 58.5 Å². The first-order chi connectivity index (χ1) is 42.8. The fourth-order valence-electron chi connectivity index (χ4n) is 7.25. The summed E-state index contributed by atoms with van der Waals surface area (Å²) in [7, 11) is -7.93. The molecule has 2 heterocycles. The highest BCUT2D eigenvalue weighted by Gasteiger charge is 2.31. The van der Waals surface area contributed by atoms with Gasteiger partial charge in [-0.15, -0.1) is 46.7 Å². The van der Waals surface area contributed by atoms with Crippen molar-refractivity contribution >= 4 is 90.7 Å². The van der Waals surface area contributed by atoms with Gasteiger partial charge in [0.15, 0.2) is 19.7 Å². The largest absolute Gasteiger partial charge is 0.508 e. The van der Waals surface area contributed by atoms with Gasteiger partial charge in [-0.25, -0.2) is 16.8 Å². The molecule has 4 unspecified atom stereocenters. The van der Waals surface area contributed by atoms with Crippen molar-refractivity contribution in [2.45, 2.75) is 69.6 Å². The monoisotopic (exact) mass is 1350 g/mol. The fraction of sp³-hybridized carbons (Fsp3) is 0.250. The molecule has 0 saturated carbocycles. The Kier molecular flexibility index (Phi) is 30.5. The maximum Gasteiger partial charge on any atom is 0.488 e. The van der Waals surface area contributed by atoms with Crippen molar-refractivity contribution in [3.05, 3.63) is 216 Å². The highest BCUT2D eigenvalue weighted by molar-refractivity contribution is 8.08. The second-order valence-electron chi connectivity index (χ2n) is 19.6. The first kappa shape index (κ1) is 72.3. The summed E-state index contributed by atoms with van der Waals surface area (Å²) in [6.07, 6.45) is -1.12. The number of ether oxygens (including phenoxy) is 4. The average Bonchev–Trinajstić information content (AvgIpc) is 2.56. The minimum Gasteiger partial charge on any atom is -0.508 e. The Hall–Kier alpha value is -5.81. The van der Waals surface area contributed by atoms with Crippen LogP contribution < -0.4 is 19.7 Å². The third-order valence-electron chi connectivity index (χ3n) is 12.4. The van der Waals surface area contributed by atoms with E-state index in [4.69, 9.17) is 77.7 Å². The van der Waals surface area contributed by atoms with E-state index in [1.54, 1.807) is 157 Å². The number of thioether (sulfide) groups is 3. The number of epoxide rings is 1. The van der Waals surface area contributed by atoms with Crippen LogP contribution in [0.5, 0.6) is 40.2 Å². The third-order valence-corrected chi connectivity index (χ3v) is 20.2. The van der Waals surface area contributed by atoms with Gasteiger partial charge in [0.2, 0.25) is 0 Å². The van der Waals surface area contributed by atoms with E-state index in [0.717, 1.165) is 49.3 Å². The summed E-state index contributed by atoms with van der Waals surface area (Å²) in [6, 6.07) is 55.2. The molecule has 10 rings (SSSR count).